The SMILES string of the molecule is COCC(C)NC(=O)COc1ccc(N)c2ncccc12. The minimum atomic E-state index is -0.201. The van der Waals surface area contributed by atoms with E-state index in [4.69, 9.17) is 15.2 Å². The number of amides is 1. The second-order valence-electron chi connectivity index (χ2n) is 4.77. The average molecular weight is 289 g/mol. The summed E-state index contributed by atoms with van der Waals surface area (Å²) in [6.45, 7) is 2.26. The summed E-state index contributed by atoms with van der Waals surface area (Å²) in [5, 5.41) is 3.57. The molecular formula is C15H19N3O3. The molecule has 3 N–H and O–H groups in total. The lowest BCUT2D eigenvalue weighted by atomic mass is 10.2. The van der Waals surface area contributed by atoms with Crippen molar-refractivity contribution in [2.24, 2.45) is 0 Å². The van der Waals surface area contributed by atoms with Gasteiger partial charge in [0.1, 0.15) is 5.75 Å². The Bertz CT molecular complexity index is 631. The molecule has 0 fully saturated rings. The van der Waals surface area contributed by atoms with Crippen LogP contribution < -0.4 is 15.8 Å². The van der Waals surface area contributed by atoms with Crippen LogP contribution >= 0.6 is 0 Å². The van der Waals surface area contributed by atoms with Crippen LogP contribution in [0.1, 0.15) is 6.92 Å². The van der Waals surface area contributed by atoms with E-state index in [1.54, 1.807) is 31.5 Å². The van der Waals surface area contributed by atoms with E-state index in [0.29, 0.717) is 23.6 Å². The van der Waals surface area contributed by atoms with E-state index >= 15 is 0 Å². The van der Waals surface area contributed by atoms with Crippen LogP contribution in [0.5, 0.6) is 5.75 Å². The number of fused-ring (bicyclic) bond motifs is 1. The second-order valence-corrected chi connectivity index (χ2v) is 4.77. The molecule has 1 aromatic carbocycles. The normalized spacial score (nSPS) is 12.1. The van der Waals surface area contributed by atoms with Gasteiger partial charge in [0.05, 0.1) is 17.8 Å². The van der Waals surface area contributed by atoms with Crippen molar-refractivity contribution >= 4 is 22.5 Å². The number of aromatic nitrogens is 1. The van der Waals surface area contributed by atoms with Crippen molar-refractivity contribution in [1.82, 2.24) is 10.3 Å². The van der Waals surface area contributed by atoms with Crippen molar-refractivity contribution in [2.75, 3.05) is 26.1 Å². The molecule has 0 radical (unpaired) electrons. The molecule has 1 atom stereocenters. The first kappa shape index (κ1) is 15.1. The van der Waals surface area contributed by atoms with Crippen LogP contribution in [0.3, 0.4) is 0 Å². The van der Waals surface area contributed by atoms with E-state index in [1.165, 1.54) is 0 Å². The number of pyridine rings is 1. The fraction of sp³-hybridized carbons (Fsp3) is 0.333. The van der Waals surface area contributed by atoms with E-state index in [-0.39, 0.29) is 18.6 Å². The first-order chi connectivity index (χ1) is 10.1. The van der Waals surface area contributed by atoms with Crippen molar-refractivity contribution in [3.63, 3.8) is 0 Å². The number of carbonyl (C=O) groups excluding carboxylic acids is 1. The summed E-state index contributed by atoms with van der Waals surface area (Å²) in [5.41, 5.74) is 7.12. The Morgan fingerprint density at radius 1 is 1.43 bits per heavy atom. The summed E-state index contributed by atoms with van der Waals surface area (Å²) in [7, 11) is 1.59. The molecule has 2 rings (SSSR count). The highest BCUT2D eigenvalue weighted by atomic mass is 16.5. The highest BCUT2D eigenvalue weighted by molar-refractivity contribution is 5.94. The molecule has 0 bridgehead atoms. The fourth-order valence-corrected chi connectivity index (χ4v) is 2.05. The lowest BCUT2D eigenvalue weighted by Gasteiger charge is -2.14. The topological polar surface area (TPSA) is 86.5 Å². The molecule has 0 aliphatic heterocycles. The highest BCUT2D eigenvalue weighted by Crippen LogP contribution is 2.28. The molecular weight excluding hydrogens is 270 g/mol. The predicted molar refractivity (Wildman–Crippen MR) is 81.1 cm³/mol. The van der Waals surface area contributed by atoms with Crippen LogP contribution in [0.4, 0.5) is 5.69 Å². The molecule has 6 heteroatoms. The maximum absolute atomic E-state index is 11.8. The molecule has 1 unspecified atom stereocenters. The zero-order chi connectivity index (χ0) is 15.2. The molecule has 112 valence electrons. The van der Waals surface area contributed by atoms with Gasteiger partial charge in [0, 0.05) is 24.7 Å². The fourth-order valence-electron chi connectivity index (χ4n) is 2.05. The Kier molecular flexibility index (Phi) is 4.94. The van der Waals surface area contributed by atoms with E-state index in [0.717, 1.165) is 5.39 Å². The van der Waals surface area contributed by atoms with Crippen LogP contribution in [0.2, 0.25) is 0 Å². The summed E-state index contributed by atoms with van der Waals surface area (Å²) in [6.07, 6.45) is 1.67. The van der Waals surface area contributed by atoms with Gasteiger partial charge in [-0.2, -0.15) is 0 Å². The van der Waals surface area contributed by atoms with Gasteiger partial charge < -0.3 is 20.5 Å². The maximum Gasteiger partial charge on any atom is 0.258 e. The first-order valence-corrected chi connectivity index (χ1v) is 6.66. The van der Waals surface area contributed by atoms with Gasteiger partial charge in [0.2, 0.25) is 0 Å². The minimum absolute atomic E-state index is 0.0593. The molecule has 1 heterocycles. The second kappa shape index (κ2) is 6.90. The summed E-state index contributed by atoms with van der Waals surface area (Å²) in [6, 6.07) is 7.06. The Morgan fingerprint density at radius 2 is 2.24 bits per heavy atom. The predicted octanol–water partition coefficient (Wildman–Crippen LogP) is 1.35. The summed E-state index contributed by atoms with van der Waals surface area (Å²) in [5.74, 6) is 0.384. The van der Waals surface area contributed by atoms with Crippen LogP contribution in [-0.4, -0.2) is 37.3 Å². The number of methoxy groups -OCH3 is 1. The van der Waals surface area contributed by atoms with Crippen molar-refractivity contribution in [2.45, 2.75) is 13.0 Å². The molecule has 21 heavy (non-hydrogen) atoms. The first-order valence-electron chi connectivity index (χ1n) is 6.66. The number of anilines is 1. The number of nitrogens with one attached hydrogen (secondary N) is 1. The third-order valence-electron chi connectivity index (χ3n) is 2.94. The van der Waals surface area contributed by atoms with Gasteiger partial charge in [0.15, 0.2) is 6.61 Å². The Labute approximate surface area is 123 Å². The Hall–Kier alpha value is -2.34. The van der Waals surface area contributed by atoms with Gasteiger partial charge in [-0.05, 0) is 31.2 Å². The lowest BCUT2D eigenvalue weighted by Crippen LogP contribution is -2.38. The molecule has 0 saturated heterocycles. The molecule has 6 nitrogen and oxygen atoms in total. The minimum Gasteiger partial charge on any atom is -0.483 e. The largest absolute Gasteiger partial charge is 0.483 e. The molecule has 2 aromatic rings. The van der Waals surface area contributed by atoms with Gasteiger partial charge in [-0.1, -0.05) is 0 Å². The number of ether oxygens (including phenoxy) is 2. The van der Waals surface area contributed by atoms with E-state index < -0.39 is 0 Å². The molecule has 0 spiro atoms. The van der Waals surface area contributed by atoms with Gasteiger partial charge in [-0.25, -0.2) is 0 Å². The third-order valence-corrected chi connectivity index (χ3v) is 2.94. The maximum atomic E-state index is 11.8. The standard InChI is InChI=1S/C15H19N3O3/c1-10(8-20-2)18-14(19)9-21-13-6-5-12(16)15-11(13)4-3-7-17-15/h3-7,10H,8-9,16H2,1-2H3,(H,18,19). The van der Waals surface area contributed by atoms with Crippen LogP contribution in [0.25, 0.3) is 10.9 Å². The number of hydrogen-bond acceptors (Lipinski definition) is 5. The summed E-state index contributed by atoms with van der Waals surface area (Å²) in [4.78, 5) is 16.0. The van der Waals surface area contributed by atoms with Crippen LogP contribution in [0.15, 0.2) is 30.5 Å². The molecule has 1 aromatic heterocycles. The number of nitrogens with two attached hydrogens (primary N) is 1. The smallest absolute Gasteiger partial charge is 0.258 e. The van der Waals surface area contributed by atoms with Crippen molar-refractivity contribution < 1.29 is 14.3 Å². The number of carbonyl (C=O) groups is 1. The quantitative estimate of drug-likeness (QED) is 0.784. The molecule has 1 amide bonds. The van der Waals surface area contributed by atoms with Gasteiger partial charge in [-0.15, -0.1) is 0 Å². The zero-order valence-corrected chi connectivity index (χ0v) is 12.1. The zero-order valence-electron chi connectivity index (χ0n) is 12.1. The number of benzene rings is 1. The molecule has 0 saturated carbocycles. The summed E-state index contributed by atoms with van der Waals surface area (Å²) >= 11 is 0. The molecule has 0 aliphatic rings. The number of rotatable bonds is 6. The van der Waals surface area contributed by atoms with E-state index in [1.807, 2.05) is 13.0 Å². The van der Waals surface area contributed by atoms with Gasteiger partial charge in [-0.3, -0.25) is 9.78 Å². The van der Waals surface area contributed by atoms with Crippen molar-refractivity contribution in [3.05, 3.63) is 30.5 Å². The van der Waals surface area contributed by atoms with E-state index in [9.17, 15) is 4.79 Å². The summed E-state index contributed by atoms with van der Waals surface area (Å²) < 4.78 is 10.5. The number of hydrogen-bond donors (Lipinski definition) is 2. The number of nitrogen functional groups attached to an aromatic ring is 1. The van der Waals surface area contributed by atoms with Crippen LogP contribution in [-0.2, 0) is 9.53 Å². The van der Waals surface area contributed by atoms with Gasteiger partial charge >= 0.3 is 0 Å². The van der Waals surface area contributed by atoms with Gasteiger partial charge in [0.25, 0.3) is 5.91 Å². The number of nitrogens with zero attached hydrogens (tertiary/aromatic N) is 1. The molecule has 0 aliphatic carbocycles. The van der Waals surface area contributed by atoms with Crippen molar-refractivity contribution in [3.8, 4) is 5.75 Å². The van der Waals surface area contributed by atoms with Crippen molar-refractivity contribution in [1.29, 1.82) is 0 Å². The van der Waals surface area contributed by atoms with E-state index in [2.05, 4.69) is 10.3 Å². The Balaban J connectivity index is 2.04. The average Bonchev–Trinajstić information content (AvgIpc) is 2.47. The van der Waals surface area contributed by atoms with Crippen LogP contribution in [0, 0.1) is 0 Å². The lowest BCUT2D eigenvalue weighted by molar-refractivity contribution is -0.124. The highest BCUT2D eigenvalue weighted by Gasteiger charge is 2.10. The third kappa shape index (κ3) is 3.82. The monoisotopic (exact) mass is 289 g/mol. The Morgan fingerprint density at radius 3 is 3.00 bits per heavy atom.